The van der Waals surface area contributed by atoms with Crippen LogP contribution in [-0.2, 0) is 0 Å². The molecule has 10 heavy (non-hydrogen) atoms. The summed E-state index contributed by atoms with van der Waals surface area (Å²) in [5.41, 5.74) is 5.93. The number of rotatable bonds is 1. The van der Waals surface area contributed by atoms with Crippen molar-refractivity contribution in [2.75, 3.05) is 20.1 Å². The van der Waals surface area contributed by atoms with Gasteiger partial charge in [0.15, 0.2) is 0 Å². The number of piperidine rings is 1. The van der Waals surface area contributed by atoms with Crippen LogP contribution in [0.3, 0.4) is 0 Å². The summed E-state index contributed by atoms with van der Waals surface area (Å²) in [5.74, 6) is 0.735. The Bertz CT molecular complexity index is 103. The summed E-state index contributed by atoms with van der Waals surface area (Å²) in [4.78, 5) is 2.37. The highest BCUT2D eigenvalue weighted by molar-refractivity contribution is 4.80. The zero-order valence-electron chi connectivity index (χ0n) is 7.01. The number of nitrogens with zero attached hydrogens (tertiary/aromatic N) is 1. The molecule has 1 rings (SSSR count). The van der Waals surface area contributed by atoms with E-state index in [0.29, 0.717) is 6.04 Å². The third-order valence-electron chi connectivity index (χ3n) is 2.52. The van der Waals surface area contributed by atoms with Gasteiger partial charge in [0.05, 0.1) is 0 Å². The quantitative estimate of drug-likeness (QED) is 0.583. The lowest BCUT2D eigenvalue weighted by atomic mass is 9.91. The maximum atomic E-state index is 5.93. The van der Waals surface area contributed by atoms with Crippen LogP contribution in [0.2, 0.25) is 0 Å². The molecule has 0 radical (unpaired) electrons. The van der Waals surface area contributed by atoms with E-state index in [4.69, 9.17) is 5.73 Å². The molecule has 0 aromatic carbocycles. The van der Waals surface area contributed by atoms with Crippen LogP contribution in [0, 0.1) is 5.92 Å². The van der Waals surface area contributed by atoms with Crippen molar-refractivity contribution >= 4 is 0 Å². The molecule has 0 saturated carbocycles. The molecule has 2 atom stereocenters. The molecule has 1 saturated heterocycles. The predicted octanol–water partition coefficient (Wildman–Crippen LogP) is 0.675. The largest absolute Gasteiger partial charge is 0.327 e. The van der Waals surface area contributed by atoms with E-state index in [9.17, 15) is 0 Å². The molecule has 0 bridgehead atoms. The van der Waals surface area contributed by atoms with Gasteiger partial charge in [-0.1, -0.05) is 13.3 Å². The second-order valence-electron chi connectivity index (χ2n) is 3.38. The van der Waals surface area contributed by atoms with Crippen LogP contribution >= 0.6 is 0 Å². The molecule has 2 nitrogen and oxygen atoms in total. The third-order valence-corrected chi connectivity index (χ3v) is 2.52. The summed E-state index contributed by atoms with van der Waals surface area (Å²) in [6, 6.07) is 0.459. The molecule has 1 fully saturated rings. The minimum atomic E-state index is 0.459. The lowest BCUT2D eigenvalue weighted by molar-refractivity contribution is 0.182. The minimum Gasteiger partial charge on any atom is -0.327 e. The van der Waals surface area contributed by atoms with Gasteiger partial charge in [-0.05, 0) is 25.9 Å². The average molecular weight is 142 g/mol. The van der Waals surface area contributed by atoms with E-state index in [1.54, 1.807) is 0 Å². The maximum Gasteiger partial charge on any atom is 0.00914 e. The second-order valence-corrected chi connectivity index (χ2v) is 3.38. The Morgan fingerprint density at radius 1 is 1.60 bits per heavy atom. The Kier molecular flexibility index (Phi) is 2.69. The van der Waals surface area contributed by atoms with Crippen molar-refractivity contribution in [2.45, 2.75) is 25.8 Å². The van der Waals surface area contributed by atoms with E-state index in [0.717, 1.165) is 5.92 Å². The van der Waals surface area contributed by atoms with Crippen LogP contribution in [-0.4, -0.2) is 31.1 Å². The molecule has 2 heteroatoms. The molecule has 0 unspecified atom stereocenters. The first-order valence-electron chi connectivity index (χ1n) is 4.18. The molecule has 0 aliphatic carbocycles. The van der Waals surface area contributed by atoms with Crippen molar-refractivity contribution in [3.05, 3.63) is 0 Å². The second kappa shape index (κ2) is 3.35. The Labute approximate surface area is 63.4 Å². The molecular weight excluding hydrogens is 124 g/mol. The number of likely N-dealkylation sites (tertiary alicyclic amines) is 1. The number of hydrogen-bond acceptors (Lipinski definition) is 2. The lowest BCUT2D eigenvalue weighted by Crippen LogP contribution is -2.45. The van der Waals surface area contributed by atoms with Gasteiger partial charge < -0.3 is 10.6 Å². The average Bonchev–Trinajstić information content (AvgIpc) is 1.94. The molecule has 0 amide bonds. The third kappa shape index (κ3) is 1.70. The van der Waals surface area contributed by atoms with Gasteiger partial charge in [-0.15, -0.1) is 0 Å². The highest BCUT2D eigenvalue weighted by Gasteiger charge is 2.22. The Morgan fingerprint density at radius 2 is 2.30 bits per heavy atom. The Balaban J connectivity index is 2.38. The van der Waals surface area contributed by atoms with Crippen LogP contribution in [0.4, 0.5) is 0 Å². The Hall–Kier alpha value is -0.0800. The summed E-state index contributed by atoms with van der Waals surface area (Å²) in [6.07, 6.45) is 2.40. The first-order valence-corrected chi connectivity index (χ1v) is 4.18. The standard InChI is InChI=1S/C8H18N2/c1-3-7-6-10(2)5-4-8(7)9/h7-8H,3-6,9H2,1-2H3/t7-,8+/m0/s1. The van der Waals surface area contributed by atoms with Crippen molar-refractivity contribution in [3.8, 4) is 0 Å². The summed E-state index contributed by atoms with van der Waals surface area (Å²) in [5, 5.41) is 0. The molecule has 1 aliphatic rings. The number of nitrogens with two attached hydrogens (primary N) is 1. The van der Waals surface area contributed by atoms with E-state index in [-0.39, 0.29) is 0 Å². The van der Waals surface area contributed by atoms with Gasteiger partial charge in [0, 0.05) is 12.6 Å². The van der Waals surface area contributed by atoms with Crippen molar-refractivity contribution in [1.82, 2.24) is 4.90 Å². The summed E-state index contributed by atoms with van der Waals surface area (Å²) in [6.45, 7) is 4.60. The van der Waals surface area contributed by atoms with Gasteiger partial charge in [-0.25, -0.2) is 0 Å². The van der Waals surface area contributed by atoms with Crippen molar-refractivity contribution in [1.29, 1.82) is 0 Å². The first kappa shape index (κ1) is 8.02. The van der Waals surface area contributed by atoms with Crippen LogP contribution in [0.1, 0.15) is 19.8 Å². The van der Waals surface area contributed by atoms with Gasteiger partial charge >= 0.3 is 0 Å². The Morgan fingerprint density at radius 3 is 2.80 bits per heavy atom. The van der Waals surface area contributed by atoms with Gasteiger partial charge in [-0.3, -0.25) is 0 Å². The summed E-state index contributed by atoms with van der Waals surface area (Å²) < 4.78 is 0. The highest BCUT2D eigenvalue weighted by Crippen LogP contribution is 2.16. The molecule has 2 N–H and O–H groups in total. The molecule has 1 heterocycles. The van der Waals surface area contributed by atoms with E-state index < -0.39 is 0 Å². The monoisotopic (exact) mass is 142 g/mol. The van der Waals surface area contributed by atoms with Gasteiger partial charge in [0.25, 0.3) is 0 Å². The lowest BCUT2D eigenvalue weighted by Gasteiger charge is -2.33. The molecule has 0 aromatic heterocycles. The van der Waals surface area contributed by atoms with Crippen LogP contribution in [0.25, 0.3) is 0 Å². The molecule has 60 valence electrons. The predicted molar refractivity (Wildman–Crippen MR) is 43.9 cm³/mol. The topological polar surface area (TPSA) is 29.3 Å². The molecule has 1 aliphatic heterocycles. The van der Waals surface area contributed by atoms with Gasteiger partial charge in [0.2, 0.25) is 0 Å². The first-order chi connectivity index (χ1) is 4.74. The van der Waals surface area contributed by atoms with Crippen LogP contribution < -0.4 is 5.73 Å². The summed E-state index contributed by atoms with van der Waals surface area (Å²) >= 11 is 0. The smallest absolute Gasteiger partial charge is 0.00914 e. The zero-order valence-corrected chi connectivity index (χ0v) is 7.01. The molecular formula is C8H18N2. The molecule has 0 aromatic rings. The van der Waals surface area contributed by atoms with Gasteiger partial charge in [-0.2, -0.15) is 0 Å². The van der Waals surface area contributed by atoms with E-state index in [2.05, 4.69) is 18.9 Å². The number of hydrogen-bond donors (Lipinski definition) is 1. The van der Waals surface area contributed by atoms with Crippen molar-refractivity contribution in [2.24, 2.45) is 11.7 Å². The summed E-state index contributed by atoms with van der Waals surface area (Å²) in [7, 11) is 2.18. The zero-order chi connectivity index (χ0) is 7.56. The van der Waals surface area contributed by atoms with Crippen molar-refractivity contribution < 1.29 is 0 Å². The minimum absolute atomic E-state index is 0.459. The van der Waals surface area contributed by atoms with E-state index >= 15 is 0 Å². The van der Waals surface area contributed by atoms with Crippen molar-refractivity contribution in [3.63, 3.8) is 0 Å². The fourth-order valence-corrected chi connectivity index (χ4v) is 1.66. The van der Waals surface area contributed by atoms with E-state index in [1.807, 2.05) is 0 Å². The van der Waals surface area contributed by atoms with E-state index in [1.165, 1.54) is 25.9 Å². The fourth-order valence-electron chi connectivity index (χ4n) is 1.66. The highest BCUT2D eigenvalue weighted by atomic mass is 15.1. The van der Waals surface area contributed by atoms with Crippen LogP contribution in [0.15, 0.2) is 0 Å². The SMILES string of the molecule is CC[C@H]1CN(C)CC[C@H]1N. The van der Waals surface area contributed by atoms with Gasteiger partial charge in [0.1, 0.15) is 0 Å². The van der Waals surface area contributed by atoms with Crippen LogP contribution in [0.5, 0.6) is 0 Å². The normalized spacial score (nSPS) is 36.3. The molecule has 0 spiro atoms. The fraction of sp³-hybridized carbons (Fsp3) is 1.00. The maximum absolute atomic E-state index is 5.93.